The van der Waals surface area contributed by atoms with Crippen LogP contribution in [-0.4, -0.2) is 53.5 Å². The van der Waals surface area contributed by atoms with Crippen LogP contribution in [0.2, 0.25) is 5.02 Å². The van der Waals surface area contributed by atoms with Crippen LogP contribution >= 0.6 is 35.1 Å². The number of H-pyrrole nitrogens is 1. The number of rotatable bonds is 6. The molecule has 1 aromatic carbocycles. The molecule has 152 valence electrons. The molecule has 30 heavy (non-hydrogen) atoms. The summed E-state index contributed by atoms with van der Waals surface area (Å²) in [5.74, 6) is 3.89. The molecule has 1 N–H and O–H groups in total. The molecule has 0 saturated carbocycles. The van der Waals surface area contributed by atoms with Gasteiger partial charge in [-0.1, -0.05) is 35.1 Å². The Bertz CT molecular complexity index is 1180. The Hall–Kier alpha value is -2.56. The Morgan fingerprint density at radius 3 is 3.10 bits per heavy atom. The second kappa shape index (κ2) is 8.29. The summed E-state index contributed by atoms with van der Waals surface area (Å²) in [4.78, 5) is 8.82. The highest BCUT2D eigenvalue weighted by atomic mass is 35.5. The first kappa shape index (κ1) is 19.4. The van der Waals surface area contributed by atoms with Gasteiger partial charge in [-0.2, -0.15) is 0 Å². The van der Waals surface area contributed by atoms with E-state index in [2.05, 4.69) is 34.9 Å². The van der Waals surface area contributed by atoms with Crippen LogP contribution < -0.4 is 4.74 Å². The van der Waals surface area contributed by atoms with Gasteiger partial charge in [-0.05, 0) is 30.3 Å². The number of hydrogen-bond acceptors (Lipinski definition) is 8. The number of aromatic nitrogens is 7. The molecular weight excluding hydrogens is 442 g/mol. The first-order valence-electron chi connectivity index (χ1n) is 9.10. The smallest absolute Gasteiger partial charge is 0.208 e. The van der Waals surface area contributed by atoms with Gasteiger partial charge in [-0.25, -0.2) is 4.98 Å². The normalized spacial score (nSPS) is 15.3. The van der Waals surface area contributed by atoms with E-state index >= 15 is 0 Å². The number of nitrogens with one attached hydrogen (secondary N) is 1. The fraction of sp³-hybridized carbons (Fsp3) is 0.211. The Balaban J connectivity index is 1.34. The summed E-state index contributed by atoms with van der Waals surface area (Å²) in [6, 6.07) is 9.55. The minimum absolute atomic E-state index is 0.239. The highest BCUT2D eigenvalue weighted by Crippen LogP contribution is 2.38. The van der Waals surface area contributed by atoms with Crippen molar-refractivity contribution in [2.24, 2.45) is 0 Å². The van der Waals surface area contributed by atoms with E-state index in [1.807, 2.05) is 30.5 Å². The third kappa shape index (κ3) is 3.66. The number of fused-ring (bicyclic) bond motifs is 1. The number of pyridine rings is 1. The van der Waals surface area contributed by atoms with Crippen LogP contribution in [0, 0.1) is 0 Å². The summed E-state index contributed by atoms with van der Waals surface area (Å²) >= 11 is 9.44. The molecule has 3 aromatic heterocycles. The fourth-order valence-electron chi connectivity index (χ4n) is 3.23. The molecule has 0 fully saturated rings. The summed E-state index contributed by atoms with van der Waals surface area (Å²) in [5, 5.41) is 18.2. The molecule has 0 amide bonds. The largest absolute Gasteiger partial charge is 0.496 e. The van der Waals surface area contributed by atoms with Crippen molar-refractivity contribution in [3.8, 4) is 28.5 Å². The van der Waals surface area contributed by atoms with Gasteiger partial charge < -0.3 is 4.74 Å². The third-order valence-electron chi connectivity index (χ3n) is 4.64. The van der Waals surface area contributed by atoms with Crippen LogP contribution in [0.25, 0.3) is 22.8 Å². The van der Waals surface area contributed by atoms with E-state index in [-0.39, 0.29) is 6.04 Å². The minimum Gasteiger partial charge on any atom is -0.496 e. The zero-order valence-electron chi connectivity index (χ0n) is 15.8. The van der Waals surface area contributed by atoms with Crippen LogP contribution in [0.4, 0.5) is 0 Å². The Morgan fingerprint density at radius 1 is 1.33 bits per heavy atom. The zero-order valence-corrected chi connectivity index (χ0v) is 18.2. The number of methoxy groups -OCH3 is 1. The van der Waals surface area contributed by atoms with Crippen molar-refractivity contribution < 1.29 is 4.74 Å². The lowest BCUT2D eigenvalue weighted by molar-refractivity contribution is 0.416. The van der Waals surface area contributed by atoms with Gasteiger partial charge in [0.15, 0.2) is 16.8 Å². The average Bonchev–Trinajstić information content (AvgIpc) is 3.50. The Kier molecular flexibility index (Phi) is 5.36. The molecule has 1 unspecified atom stereocenters. The van der Waals surface area contributed by atoms with E-state index in [0.717, 1.165) is 33.6 Å². The number of benzene rings is 1. The number of aromatic amines is 1. The molecule has 8 nitrogen and oxygen atoms in total. The van der Waals surface area contributed by atoms with Crippen LogP contribution in [0.3, 0.4) is 0 Å². The molecule has 0 aliphatic carbocycles. The topological polar surface area (TPSA) is 94.4 Å². The lowest BCUT2D eigenvalue weighted by Gasteiger charge is -2.13. The monoisotopic (exact) mass is 457 g/mol. The maximum absolute atomic E-state index is 6.14. The van der Waals surface area contributed by atoms with Gasteiger partial charge >= 0.3 is 0 Å². The lowest BCUT2D eigenvalue weighted by Crippen LogP contribution is -2.11. The number of ether oxygens (including phenoxy) is 1. The van der Waals surface area contributed by atoms with Gasteiger partial charge in [0.2, 0.25) is 5.16 Å². The maximum Gasteiger partial charge on any atom is 0.208 e. The van der Waals surface area contributed by atoms with E-state index in [0.29, 0.717) is 21.8 Å². The number of halogens is 1. The van der Waals surface area contributed by atoms with Gasteiger partial charge in [0, 0.05) is 34.5 Å². The fourth-order valence-corrected chi connectivity index (χ4v) is 5.51. The summed E-state index contributed by atoms with van der Waals surface area (Å²) in [6.45, 7) is 0. The van der Waals surface area contributed by atoms with Crippen molar-refractivity contribution in [2.45, 2.75) is 16.4 Å². The van der Waals surface area contributed by atoms with Gasteiger partial charge in [-0.15, -0.1) is 15.3 Å². The van der Waals surface area contributed by atoms with Crippen molar-refractivity contribution in [3.05, 3.63) is 47.7 Å². The highest BCUT2D eigenvalue weighted by molar-refractivity contribution is 8.00. The molecular formula is C19H16ClN7OS2. The predicted octanol–water partition coefficient (Wildman–Crippen LogP) is 4.23. The molecule has 0 radical (unpaired) electrons. The van der Waals surface area contributed by atoms with Crippen molar-refractivity contribution in [1.82, 2.24) is 34.9 Å². The van der Waals surface area contributed by atoms with Crippen molar-refractivity contribution in [3.63, 3.8) is 0 Å². The Labute approximate surface area is 185 Å². The van der Waals surface area contributed by atoms with Crippen molar-refractivity contribution in [1.29, 1.82) is 0 Å². The van der Waals surface area contributed by atoms with E-state index in [1.165, 1.54) is 0 Å². The van der Waals surface area contributed by atoms with E-state index < -0.39 is 0 Å². The number of hydrogen-bond donors (Lipinski definition) is 1. The van der Waals surface area contributed by atoms with E-state index in [1.54, 1.807) is 42.9 Å². The lowest BCUT2D eigenvalue weighted by atomic mass is 10.2. The standard InChI is InChI=1S/C19H16ClN7OS2/c1-28-15-5-4-12(20)7-14(15)16-22-18(25-23-16)29-9-13-10-30-19-26-24-17(27(13)19)11-3-2-6-21-8-11/h2-8,13H,9-10H2,1H3,(H,22,23,25). The van der Waals surface area contributed by atoms with E-state index in [9.17, 15) is 0 Å². The molecule has 11 heteroatoms. The summed E-state index contributed by atoms with van der Waals surface area (Å²) < 4.78 is 7.60. The molecule has 0 bridgehead atoms. The zero-order chi connectivity index (χ0) is 20.5. The predicted molar refractivity (Wildman–Crippen MR) is 117 cm³/mol. The quantitative estimate of drug-likeness (QED) is 0.430. The molecule has 1 atom stereocenters. The van der Waals surface area contributed by atoms with Gasteiger partial charge in [0.25, 0.3) is 0 Å². The molecule has 0 spiro atoms. The van der Waals surface area contributed by atoms with Crippen molar-refractivity contribution in [2.75, 3.05) is 18.6 Å². The molecule has 4 aromatic rings. The molecule has 1 aliphatic rings. The molecule has 4 heterocycles. The van der Waals surface area contributed by atoms with Crippen LogP contribution in [-0.2, 0) is 0 Å². The maximum atomic E-state index is 6.14. The van der Waals surface area contributed by atoms with Gasteiger partial charge in [0.05, 0.1) is 18.7 Å². The summed E-state index contributed by atoms with van der Waals surface area (Å²) in [6.07, 6.45) is 3.56. The molecule has 1 aliphatic heterocycles. The third-order valence-corrected chi connectivity index (χ3v) is 6.96. The van der Waals surface area contributed by atoms with Crippen LogP contribution in [0.1, 0.15) is 6.04 Å². The van der Waals surface area contributed by atoms with Gasteiger partial charge in [-0.3, -0.25) is 14.6 Å². The number of thioether (sulfide) groups is 2. The number of nitrogens with zero attached hydrogens (tertiary/aromatic N) is 6. The van der Waals surface area contributed by atoms with Gasteiger partial charge in [0.1, 0.15) is 5.75 Å². The second-order valence-corrected chi connectivity index (χ2v) is 8.92. The second-order valence-electron chi connectivity index (χ2n) is 6.50. The Morgan fingerprint density at radius 2 is 2.27 bits per heavy atom. The summed E-state index contributed by atoms with van der Waals surface area (Å²) in [5.41, 5.74) is 1.74. The van der Waals surface area contributed by atoms with Crippen LogP contribution in [0.15, 0.2) is 53.0 Å². The minimum atomic E-state index is 0.239. The molecule has 5 rings (SSSR count). The first-order chi connectivity index (χ1) is 14.7. The SMILES string of the molecule is COc1ccc(Cl)cc1-c1nc(SCC2CSc3nnc(-c4cccnc4)n32)n[nH]1. The highest BCUT2D eigenvalue weighted by Gasteiger charge is 2.29. The first-order valence-corrected chi connectivity index (χ1v) is 11.4. The van der Waals surface area contributed by atoms with Crippen molar-refractivity contribution >= 4 is 35.1 Å². The van der Waals surface area contributed by atoms with E-state index in [4.69, 9.17) is 16.3 Å². The molecule has 0 saturated heterocycles. The summed E-state index contributed by atoms with van der Waals surface area (Å²) in [7, 11) is 1.62. The average molecular weight is 458 g/mol. The van der Waals surface area contributed by atoms with Crippen LogP contribution in [0.5, 0.6) is 5.75 Å².